The number of anilines is 1. The maximum Gasteiger partial charge on any atom is 0.138 e. The van der Waals surface area contributed by atoms with Crippen LogP contribution in [0, 0.1) is 0 Å². The number of unbranched alkanes of at least 4 members (excludes halogenated alkanes) is 2. The van der Waals surface area contributed by atoms with E-state index < -0.39 is 6.10 Å². The molecule has 2 rings (SSSR count). The summed E-state index contributed by atoms with van der Waals surface area (Å²) in [5.41, 5.74) is 8.43. The zero-order valence-electron chi connectivity index (χ0n) is 12.2. The van der Waals surface area contributed by atoms with Gasteiger partial charge in [-0.25, -0.2) is 4.98 Å². The summed E-state index contributed by atoms with van der Waals surface area (Å²) in [6.07, 6.45) is 5.13. The fraction of sp³-hybridized carbons (Fsp3) is 0.533. The summed E-state index contributed by atoms with van der Waals surface area (Å²) >= 11 is 1.89. The normalized spacial score (nSPS) is 12.9. The molecule has 20 heavy (non-hydrogen) atoms. The van der Waals surface area contributed by atoms with Gasteiger partial charge in [0.1, 0.15) is 11.9 Å². The maximum absolute atomic E-state index is 9.90. The van der Waals surface area contributed by atoms with Crippen molar-refractivity contribution in [3.63, 3.8) is 0 Å². The Morgan fingerprint density at radius 3 is 2.85 bits per heavy atom. The highest BCUT2D eigenvalue weighted by Crippen LogP contribution is 2.23. The standard InChI is InChI=1S/C15H23N3OS/c1-11(19)15-17-13-10-12(16)6-7-14(13)18(15)8-4-3-5-9-20-2/h6-7,10-11,19H,3-5,8-9,16H2,1-2H3. The van der Waals surface area contributed by atoms with Gasteiger partial charge in [-0.05, 0) is 50.0 Å². The van der Waals surface area contributed by atoms with Crippen molar-refractivity contribution in [2.45, 2.75) is 38.8 Å². The molecule has 0 aliphatic heterocycles. The number of benzene rings is 1. The lowest BCUT2D eigenvalue weighted by Gasteiger charge is -2.10. The highest BCUT2D eigenvalue weighted by molar-refractivity contribution is 7.98. The third-order valence-corrected chi connectivity index (χ3v) is 4.10. The lowest BCUT2D eigenvalue weighted by molar-refractivity contribution is 0.184. The van der Waals surface area contributed by atoms with Gasteiger partial charge in [-0.2, -0.15) is 11.8 Å². The van der Waals surface area contributed by atoms with Gasteiger partial charge in [-0.1, -0.05) is 6.42 Å². The number of aliphatic hydroxyl groups excluding tert-OH is 1. The molecule has 1 aromatic heterocycles. The van der Waals surface area contributed by atoms with Crippen LogP contribution in [0.5, 0.6) is 0 Å². The molecule has 3 N–H and O–H groups in total. The average Bonchev–Trinajstić information content (AvgIpc) is 2.76. The van der Waals surface area contributed by atoms with Gasteiger partial charge in [-0.3, -0.25) is 0 Å². The van der Waals surface area contributed by atoms with E-state index in [0.29, 0.717) is 5.69 Å². The van der Waals surface area contributed by atoms with E-state index in [4.69, 9.17) is 5.73 Å². The molecule has 110 valence electrons. The molecule has 0 fully saturated rings. The third kappa shape index (κ3) is 3.46. The van der Waals surface area contributed by atoms with E-state index in [1.54, 1.807) is 6.92 Å². The number of hydrogen-bond acceptors (Lipinski definition) is 4. The number of aliphatic hydroxyl groups is 1. The van der Waals surface area contributed by atoms with Crippen LogP contribution >= 0.6 is 11.8 Å². The largest absolute Gasteiger partial charge is 0.399 e. The number of thioether (sulfide) groups is 1. The molecule has 1 heterocycles. The molecule has 4 nitrogen and oxygen atoms in total. The Bertz CT molecular complexity index is 565. The van der Waals surface area contributed by atoms with Crippen molar-refractivity contribution in [3.8, 4) is 0 Å². The number of fused-ring (bicyclic) bond motifs is 1. The first kappa shape index (κ1) is 15.2. The van der Waals surface area contributed by atoms with E-state index in [2.05, 4.69) is 15.8 Å². The molecule has 0 bridgehead atoms. The lowest BCUT2D eigenvalue weighted by atomic mass is 10.2. The van der Waals surface area contributed by atoms with E-state index >= 15 is 0 Å². The maximum atomic E-state index is 9.90. The summed E-state index contributed by atoms with van der Waals surface area (Å²) < 4.78 is 2.12. The Morgan fingerprint density at radius 1 is 1.35 bits per heavy atom. The number of nitrogen functional groups attached to an aromatic ring is 1. The van der Waals surface area contributed by atoms with Gasteiger partial charge in [0.15, 0.2) is 0 Å². The van der Waals surface area contributed by atoms with Crippen LogP contribution < -0.4 is 5.73 Å². The first-order chi connectivity index (χ1) is 9.63. The Balaban J connectivity index is 2.18. The minimum Gasteiger partial charge on any atom is -0.399 e. The van der Waals surface area contributed by atoms with E-state index in [-0.39, 0.29) is 0 Å². The van der Waals surface area contributed by atoms with Crippen LogP contribution in [0.4, 0.5) is 5.69 Å². The first-order valence-electron chi connectivity index (χ1n) is 7.06. The fourth-order valence-corrected chi connectivity index (χ4v) is 2.91. The fourth-order valence-electron chi connectivity index (χ4n) is 2.41. The number of aryl methyl sites for hydroxylation is 1. The molecule has 2 aromatic rings. The van der Waals surface area contributed by atoms with E-state index in [1.807, 2.05) is 30.0 Å². The lowest BCUT2D eigenvalue weighted by Crippen LogP contribution is -2.07. The van der Waals surface area contributed by atoms with Crippen LogP contribution in [-0.2, 0) is 6.54 Å². The smallest absolute Gasteiger partial charge is 0.138 e. The third-order valence-electron chi connectivity index (χ3n) is 3.41. The van der Waals surface area contributed by atoms with Crippen molar-refractivity contribution in [1.29, 1.82) is 0 Å². The molecule has 0 amide bonds. The molecule has 0 aliphatic rings. The summed E-state index contributed by atoms with van der Waals surface area (Å²) in [5.74, 6) is 1.94. The molecule has 5 heteroatoms. The first-order valence-corrected chi connectivity index (χ1v) is 8.45. The molecule has 0 radical (unpaired) electrons. The predicted octanol–water partition coefficient (Wildman–Crippen LogP) is 3.21. The molecular formula is C15H23N3OS. The van der Waals surface area contributed by atoms with Gasteiger partial charge in [0.2, 0.25) is 0 Å². The second kappa shape index (κ2) is 6.99. The Kier molecular flexibility index (Phi) is 5.31. The van der Waals surface area contributed by atoms with E-state index in [9.17, 15) is 5.11 Å². The summed E-state index contributed by atoms with van der Waals surface area (Å²) in [5, 5.41) is 9.90. The number of hydrogen-bond donors (Lipinski definition) is 2. The second-order valence-electron chi connectivity index (χ2n) is 5.10. The van der Waals surface area contributed by atoms with Crippen LogP contribution in [0.1, 0.15) is 38.1 Å². The Hall–Kier alpha value is -1.20. The minimum absolute atomic E-state index is 0.560. The predicted molar refractivity (Wildman–Crippen MR) is 87.0 cm³/mol. The molecule has 0 spiro atoms. The molecule has 1 unspecified atom stereocenters. The van der Waals surface area contributed by atoms with Crippen molar-refractivity contribution >= 4 is 28.5 Å². The van der Waals surface area contributed by atoms with Gasteiger partial charge in [0, 0.05) is 12.2 Å². The second-order valence-corrected chi connectivity index (χ2v) is 6.08. The van der Waals surface area contributed by atoms with Crippen molar-refractivity contribution in [3.05, 3.63) is 24.0 Å². The highest BCUT2D eigenvalue weighted by atomic mass is 32.2. The number of nitrogens with two attached hydrogens (primary N) is 1. The van der Waals surface area contributed by atoms with Gasteiger partial charge < -0.3 is 15.4 Å². The van der Waals surface area contributed by atoms with Crippen LogP contribution in [0.3, 0.4) is 0 Å². The summed E-state index contributed by atoms with van der Waals surface area (Å²) in [4.78, 5) is 4.52. The van der Waals surface area contributed by atoms with Gasteiger partial charge in [-0.15, -0.1) is 0 Å². The highest BCUT2D eigenvalue weighted by Gasteiger charge is 2.14. The van der Waals surface area contributed by atoms with Gasteiger partial charge >= 0.3 is 0 Å². The molecule has 0 saturated heterocycles. The molecule has 0 aliphatic carbocycles. The molecule has 1 atom stereocenters. The number of nitrogens with zero attached hydrogens (tertiary/aromatic N) is 2. The number of rotatable bonds is 7. The van der Waals surface area contributed by atoms with Crippen molar-refractivity contribution in [2.75, 3.05) is 17.7 Å². The zero-order chi connectivity index (χ0) is 14.5. The minimum atomic E-state index is -0.560. The van der Waals surface area contributed by atoms with Gasteiger partial charge in [0.25, 0.3) is 0 Å². The summed E-state index contributed by atoms with van der Waals surface area (Å²) in [7, 11) is 0. The van der Waals surface area contributed by atoms with E-state index in [0.717, 1.165) is 29.8 Å². The average molecular weight is 293 g/mol. The van der Waals surface area contributed by atoms with Crippen LogP contribution in [0.25, 0.3) is 11.0 Å². The van der Waals surface area contributed by atoms with Crippen molar-refractivity contribution < 1.29 is 5.11 Å². The number of aromatic nitrogens is 2. The van der Waals surface area contributed by atoms with Crippen molar-refractivity contribution in [2.24, 2.45) is 0 Å². The van der Waals surface area contributed by atoms with Crippen LogP contribution in [-0.4, -0.2) is 26.7 Å². The van der Waals surface area contributed by atoms with E-state index in [1.165, 1.54) is 18.6 Å². The summed E-state index contributed by atoms with van der Waals surface area (Å²) in [6.45, 7) is 2.66. The quantitative estimate of drug-likeness (QED) is 0.608. The molecule has 1 aromatic carbocycles. The number of imidazole rings is 1. The van der Waals surface area contributed by atoms with Crippen molar-refractivity contribution in [1.82, 2.24) is 9.55 Å². The van der Waals surface area contributed by atoms with Gasteiger partial charge in [0.05, 0.1) is 11.0 Å². The monoisotopic (exact) mass is 293 g/mol. The summed E-state index contributed by atoms with van der Waals surface area (Å²) in [6, 6.07) is 5.75. The van der Waals surface area contributed by atoms with Crippen LogP contribution in [0.15, 0.2) is 18.2 Å². The Morgan fingerprint density at radius 2 is 2.15 bits per heavy atom. The SMILES string of the molecule is CSCCCCCn1c(C(C)O)nc2cc(N)ccc21. The topological polar surface area (TPSA) is 64.1 Å². The molecular weight excluding hydrogens is 270 g/mol. The Labute approximate surface area is 124 Å². The molecule has 0 saturated carbocycles. The zero-order valence-corrected chi connectivity index (χ0v) is 13.0. The van der Waals surface area contributed by atoms with Crippen LogP contribution in [0.2, 0.25) is 0 Å².